The van der Waals surface area contributed by atoms with Crippen molar-refractivity contribution in [1.82, 2.24) is 25.1 Å². The third-order valence-electron chi connectivity index (χ3n) is 4.06. The Bertz CT molecular complexity index is 903. The number of H-pyrrole nitrogens is 1. The molecule has 0 spiro atoms. The van der Waals surface area contributed by atoms with Crippen molar-refractivity contribution in [1.29, 1.82) is 0 Å². The highest BCUT2D eigenvalue weighted by atomic mass is 32.1. The fourth-order valence-corrected chi connectivity index (χ4v) is 4.25. The van der Waals surface area contributed by atoms with E-state index in [9.17, 15) is 4.79 Å². The highest BCUT2D eigenvalue weighted by molar-refractivity contribution is 7.19. The van der Waals surface area contributed by atoms with Gasteiger partial charge in [0.25, 0.3) is 0 Å². The molecule has 24 heavy (non-hydrogen) atoms. The molecule has 0 fully saturated rings. The molecular weight excluding hydrogens is 328 g/mol. The molecule has 3 heterocycles. The molecule has 0 amide bonds. The van der Waals surface area contributed by atoms with Crippen molar-refractivity contribution < 1.29 is 9.90 Å². The van der Waals surface area contributed by atoms with E-state index in [4.69, 9.17) is 5.11 Å². The Morgan fingerprint density at radius 3 is 3.08 bits per heavy atom. The van der Waals surface area contributed by atoms with Gasteiger partial charge in [-0.25, -0.2) is 15.0 Å². The first-order valence-corrected chi connectivity index (χ1v) is 8.63. The molecular formula is C15H16N6O2S. The monoisotopic (exact) mass is 344 g/mol. The summed E-state index contributed by atoms with van der Waals surface area (Å²) in [4.78, 5) is 26.1. The van der Waals surface area contributed by atoms with E-state index in [0.717, 1.165) is 28.9 Å². The molecule has 1 aliphatic carbocycles. The van der Waals surface area contributed by atoms with Crippen LogP contribution in [-0.4, -0.2) is 36.2 Å². The van der Waals surface area contributed by atoms with Crippen molar-refractivity contribution in [2.24, 2.45) is 0 Å². The standard InChI is InChI=1S/C15H16N6O2S/c22-12(23)5-10-19-11(21-20-10)6-16-14-13-8-3-1-2-4-9(8)24-15(13)18-7-17-14/h7H,1-6H2,(H,22,23)(H,16,17,18)(H,19,20,21). The molecule has 0 aromatic carbocycles. The summed E-state index contributed by atoms with van der Waals surface area (Å²) in [5.41, 5.74) is 1.37. The van der Waals surface area contributed by atoms with E-state index in [1.165, 1.54) is 23.3 Å². The van der Waals surface area contributed by atoms with Gasteiger partial charge in [-0.15, -0.1) is 11.3 Å². The lowest BCUT2D eigenvalue weighted by Gasteiger charge is -2.12. The number of carboxylic acid groups (broad SMARTS) is 1. The van der Waals surface area contributed by atoms with Gasteiger partial charge < -0.3 is 10.4 Å². The molecule has 0 atom stereocenters. The number of carboxylic acids is 1. The van der Waals surface area contributed by atoms with Crippen molar-refractivity contribution >= 4 is 33.3 Å². The Kier molecular flexibility index (Phi) is 3.85. The van der Waals surface area contributed by atoms with Gasteiger partial charge in [-0.2, -0.15) is 5.10 Å². The number of hydrogen-bond acceptors (Lipinski definition) is 7. The summed E-state index contributed by atoms with van der Waals surface area (Å²) >= 11 is 1.75. The predicted molar refractivity (Wildman–Crippen MR) is 89.1 cm³/mol. The van der Waals surface area contributed by atoms with Gasteiger partial charge in [0.15, 0.2) is 5.82 Å². The summed E-state index contributed by atoms with van der Waals surface area (Å²) < 4.78 is 0. The van der Waals surface area contributed by atoms with Gasteiger partial charge >= 0.3 is 5.97 Å². The number of anilines is 1. The fraction of sp³-hybridized carbons (Fsp3) is 0.400. The molecule has 0 saturated heterocycles. The maximum absolute atomic E-state index is 10.7. The highest BCUT2D eigenvalue weighted by Gasteiger charge is 2.19. The first-order chi connectivity index (χ1) is 11.7. The zero-order valence-electron chi connectivity index (χ0n) is 12.9. The number of aromatic nitrogens is 5. The summed E-state index contributed by atoms with van der Waals surface area (Å²) in [6.07, 6.45) is 6.02. The van der Waals surface area contributed by atoms with Crippen LogP contribution in [0.2, 0.25) is 0 Å². The smallest absolute Gasteiger partial charge is 0.311 e. The summed E-state index contributed by atoms with van der Waals surface area (Å²) in [6.45, 7) is 0.406. The van der Waals surface area contributed by atoms with Crippen LogP contribution in [0.1, 0.15) is 34.9 Å². The van der Waals surface area contributed by atoms with E-state index < -0.39 is 5.97 Å². The highest BCUT2D eigenvalue weighted by Crippen LogP contribution is 2.38. The van der Waals surface area contributed by atoms with Crippen molar-refractivity contribution in [3.05, 3.63) is 28.4 Å². The fourth-order valence-electron chi connectivity index (χ4n) is 3.02. The zero-order valence-corrected chi connectivity index (χ0v) is 13.7. The van der Waals surface area contributed by atoms with Crippen molar-refractivity contribution in [3.63, 3.8) is 0 Å². The molecule has 0 aliphatic heterocycles. The molecule has 8 nitrogen and oxygen atoms in total. The van der Waals surface area contributed by atoms with Crippen LogP contribution in [0.25, 0.3) is 10.2 Å². The molecule has 3 aromatic heterocycles. The molecule has 0 unspecified atom stereocenters. The lowest BCUT2D eigenvalue weighted by atomic mass is 9.97. The second kappa shape index (κ2) is 6.16. The first kappa shape index (κ1) is 15.0. The Hall–Kier alpha value is -2.55. The molecule has 0 radical (unpaired) electrons. The largest absolute Gasteiger partial charge is 0.481 e. The van der Waals surface area contributed by atoms with Crippen LogP contribution in [0, 0.1) is 0 Å². The van der Waals surface area contributed by atoms with Crippen LogP contribution in [0.15, 0.2) is 6.33 Å². The molecule has 0 saturated carbocycles. The number of thiophene rings is 1. The van der Waals surface area contributed by atoms with Crippen molar-refractivity contribution in [2.45, 2.75) is 38.6 Å². The lowest BCUT2D eigenvalue weighted by molar-refractivity contribution is -0.136. The molecule has 3 N–H and O–H groups in total. The summed E-state index contributed by atoms with van der Waals surface area (Å²) in [6, 6.07) is 0. The third kappa shape index (κ3) is 2.82. The molecule has 9 heteroatoms. The topological polar surface area (TPSA) is 117 Å². The van der Waals surface area contributed by atoms with E-state index in [2.05, 4.69) is 30.5 Å². The Labute approximate surface area is 141 Å². The zero-order chi connectivity index (χ0) is 16.5. The second-order valence-electron chi connectivity index (χ2n) is 5.74. The number of aliphatic carboxylic acids is 1. The molecule has 124 valence electrons. The number of rotatable bonds is 5. The van der Waals surface area contributed by atoms with E-state index in [1.54, 1.807) is 17.7 Å². The Morgan fingerprint density at radius 2 is 2.21 bits per heavy atom. The Morgan fingerprint density at radius 1 is 1.33 bits per heavy atom. The minimum absolute atomic E-state index is 0.188. The van der Waals surface area contributed by atoms with E-state index in [0.29, 0.717) is 12.4 Å². The van der Waals surface area contributed by atoms with Crippen LogP contribution in [0.5, 0.6) is 0 Å². The molecule has 0 bridgehead atoms. The molecule has 1 aliphatic rings. The maximum Gasteiger partial charge on any atom is 0.311 e. The van der Waals surface area contributed by atoms with Gasteiger partial charge in [-0.05, 0) is 31.2 Å². The van der Waals surface area contributed by atoms with Crippen molar-refractivity contribution in [3.8, 4) is 0 Å². The van der Waals surface area contributed by atoms with Crippen molar-refractivity contribution in [2.75, 3.05) is 5.32 Å². The third-order valence-corrected chi connectivity index (χ3v) is 5.26. The first-order valence-electron chi connectivity index (χ1n) is 7.82. The lowest BCUT2D eigenvalue weighted by Crippen LogP contribution is -2.06. The van der Waals surface area contributed by atoms with Gasteiger partial charge in [0.05, 0.1) is 11.9 Å². The normalized spacial score (nSPS) is 13.8. The average molecular weight is 344 g/mol. The van der Waals surface area contributed by atoms with E-state index in [-0.39, 0.29) is 12.2 Å². The molecule has 3 aromatic rings. The SMILES string of the molecule is O=C(O)Cc1n[nH]c(CNc2ncnc3sc4c(c23)CCCC4)n1. The second-order valence-corrected chi connectivity index (χ2v) is 6.82. The van der Waals surface area contributed by atoms with Gasteiger partial charge in [0, 0.05) is 4.88 Å². The predicted octanol–water partition coefficient (Wildman–Crippen LogP) is 1.93. The minimum atomic E-state index is -0.948. The van der Waals surface area contributed by atoms with Crippen LogP contribution in [0.4, 0.5) is 5.82 Å². The minimum Gasteiger partial charge on any atom is -0.481 e. The average Bonchev–Trinajstić information content (AvgIpc) is 3.16. The number of carbonyl (C=O) groups is 1. The number of nitrogens with one attached hydrogen (secondary N) is 2. The number of aryl methyl sites for hydroxylation is 2. The number of hydrogen-bond donors (Lipinski definition) is 3. The van der Waals surface area contributed by atoms with Crippen LogP contribution >= 0.6 is 11.3 Å². The number of nitrogens with zero attached hydrogens (tertiary/aromatic N) is 4. The molecule has 4 rings (SSSR count). The van der Waals surface area contributed by atoms with Crippen LogP contribution in [-0.2, 0) is 30.6 Å². The summed E-state index contributed by atoms with van der Waals surface area (Å²) in [5.74, 6) is 0.716. The van der Waals surface area contributed by atoms with Gasteiger partial charge in [-0.3, -0.25) is 9.89 Å². The number of aromatic amines is 1. The maximum atomic E-state index is 10.7. The Balaban J connectivity index is 1.57. The summed E-state index contributed by atoms with van der Waals surface area (Å²) in [5, 5.41) is 19.8. The summed E-state index contributed by atoms with van der Waals surface area (Å²) in [7, 11) is 0. The van der Waals surface area contributed by atoms with E-state index in [1.807, 2.05) is 0 Å². The number of fused-ring (bicyclic) bond motifs is 3. The van der Waals surface area contributed by atoms with Crippen LogP contribution < -0.4 is 5.32 Å². The van der Waals surface area contributed by atoms with Crippen LogP contribution in [0.3, 0.4) is 0 Å². The van der Waals surface area contributed by atoms with E-state index >= 15 is 0 Å². The van der Waals surface area contributed by atoms with Gasteiger partial charge in [0.2, 0.25) is 0 Å². The quantitative estimate of drug-likeness (QED) is 0.647. The van der Waals surface area contributed by atoms with Gasteiger partial charge in [0.1, 0.15) is 29.2 Å². The van der Waals surface area contributed by atoms with Gasteiger partial charge in [-0.1, -0.05) is 0 Å².